The normalized spacial score (nSPS) is 14.2. The van der Waals surface area contributed by atoms with Gasteiger partial charge in [-0.25, -0.2) is 12.8 Å². The molecule has 2 aromatic heterocycles. The van der Waals surface area contributed by atoms with Gasteiger partial charge in [0, 0.05) is 18.0 Å². The number of halogens is 1. The number of benzene rings is 1. The number of furan rings is 1. The molecule has 0 saturated heterocycles. The average molecular weight is 435 g/mol. The van der Waals surface area contributed by atoms with Gasteiger partial charge >= 0.3 is 0 Å². The van der Waals surface area contributed by atoms with Gasteiger partial charge < -0.3 is 9.32 Å². The summed E-state index contributed by atoms with van der Waals surface area (Å²) in [6.45, 7) is 0.427. The number of carbonyl (C=O) groups excluding carboxylic acids is 1. The number of thiophene rings is 1. The molecular weight excluding hydrogens is 415 g/mol. The molecule has 0 fully saturated rings. The van der Waals surface area contributed by atoms with Crippen LogP contribution in [0, 0.1) is 5.82 Å². The van der Waals surface area contributed by atoms with Crippen LogP contribution in [0.2, 0.25) is 0 Å². The van der Waals surface area contributed by atoms with Gasteiger partial charge in [0.2, 0.25) is 15.9 Å². The Morgan fingerprint density at radius 2 is 2.03 bits per heavy atom. The lowest BCUT2D eigenvalue weighted by Gasteiger charge is -2.29. The zero-order valence-electron chi connectivity index (χ0n) is 15.5. The van der Waals surface area contributed by atoms with E-state index in [2.05, 4.69) is 0 Å². The maximum absolute atomic E-state index is 14.2. The molecule has 0 N–H and O–H groups in total. The molecule has 29 heavy (non-hydrogen) atoms. The molecule has 1 aliphatic heterocycles. The highest BCUT2D eigenvalue weighted by atomic mass is 32.2. The van der Waals surface area contributed by atoms with Gasteiger partial charge in [-0.2, -0.15) is 4.31 Å². The molecule has 152 valence electrons. The fraction of sp³-hybridized carbons (Fsp3) is 0.250. The van der Waals surface area contributed by atoms with Crippen LogP contribution in [0.15, 0.2) is 63.4 Å². The van der Waals surface area contributed by atoms with Crippen LogP contribution in [0.4, 0.5) is 4.39 Å². The second-order valence-electron chi connectivity index (χ2n) is 6.72. The van der Waals surface area contributed by atoms with E-state index in [1.807, 2.05) is 11.4 Å². The summed E-state index contributed by atoms with van der Waals surface area (Å²) >= 11 is 1.66. The van der Waals surface area contributed by atoms with E-state index in [0.29, 0.717) is 18.8 Å². The highest BCUT2D eigenvalue weighted by Crippen LogP contribution is 2.25. The summed E-state index contributed by atoms with van der Waals surface area (Å²) in [6.07, 6.45) is 2.17. The van der Waals surface area contributed by atoms with Crippen LogP contribution in [0.5, 0.6) is 0 Å². The van der Waals surface area contributed by atoms with Gasteiger partial charge in [-0.3, -0.25) is 4.79 Å². The predicted molar refractivity (Wildman–Crippen MR) is 106 cm³/mol. The smallest absolute Gasteiger partial charge is 0.246 e. The van der Waals surface area contributed by atoms with Crippen molar-refractivity contribution in [3.8, 4) is 0 Å². The summed E-state index contributed by atoms with van der Waals surface area (Å²) in [4.78, 5) is 15.4. The number of nitrogens with zero attached hydrogens (tertiary/aromatic N) is 2. The molecule has 3 heterocycles. The predicted octanol–water partition coefficient (Wildman–Crippen LogP) is 3.26. The van der Waals surface area contributed by atoms with Gasteiger partial charge in [-0.15, -0.1) is 11.3 Å². The minimum atomic E-state index is -4.24. The molecule has 0 unspecified atom stereocenters. The third kappa shape index (κ3) is 4.12. The monoisotopic (exact) mass is 434 g/mol. The Morgan fingerprint density at radius 3 is 2.79 bits per heavy atom. The van der Waals surface area contributed by atoms with E-state index in [0.717, 1.165) is 22.4 Å². The molecule has 3 aromatic rings. The minimum absolute atomic E-state index is 0.160. The Morgan fingerprint density at radius 1 is 1.21 bits per heavy atom. The second kappa shape index (κ2) is 8.10. The molecule has 4 rings (SSSR count). The molecule has 1 amide bonds. The van der Waals surface area contributed by atoms with E-state index >= 15 is 0 Å². The van der Waals surface area contributed by atoms with Crippen molar-refractivity contribution in [2.75, 3.05) is 13.1 Å². The first kappa shape index (κ1) is 19.8. The number of carbonyl (C=O) groups is 1. The Bertz CT molecular complexity index is 1110. The molecule has 1 aliphatic rings. The molecular formula is C20H19FN2O4S2. The molecule has 0 radical (unpaired) electrons. The average Bonchev–Trinajstić information content (AvgIpc) is 3.38. The zero-order valence-corrected chi connectivity index (χ0v) is 17.1. The largest absolute Gasteiger partial charge is 0.468 e. The number of sulfonamides is 1. The van der Waals surface area contributed by atoms with Gasteiger partial charge in [-0.05, 0) is 47.7 Å². The van der Waals surface area contributed by atoms with E-state index in [1.54, 1.807) is 28.4 Å². The number of amides is 1. The van der Waals surface area contributed by atoms with E-state index in [4.69, 9.17) is 4.42 Å². The number of rotatable bonds is 6. The fourth-order valence-corrected chi connectivity index (χ4v) is 5.62. The van der Waals surface area contributed by atoms with E-state index < -0.39 is 27.3 Å². The van der Waals surface area contributed by atoms with E-state index in [9.17, 15) is 17.6 Å². The van der Waals surface area contributed by atoms with Crippen molar-refractivity contribution >= 4 is 27.3 Å². The molecule has 9 heteroatoms. The first-order valence-electron chi connectivity index (χ1n) is 9.05. The second-order valence-corrected chi connectivity index (χ2v) is 9.62. The summed E-state index contributed by atoms with van der Waals surface area (Å²) in [5, 5.41) is 1.99. The lowest BCUT2D eigenvalue weighted by molar-refractivity contribution is -0.132. The Hall–Kier alpha value is -2.49. The van der Waals surface area contributed by atoms with Crippen LogP contribution in [0.25, 0.3) is 0 Å². The van der Waals surface area contributed by atoms with Crippen molar-refractivity contribution in [1.82, 2.24) is 9.21 Å². The lowest BCUT2D eigenvalue weighted by Crippen LogP contribution is -2.44. The molecule has 0 saturated carbocycles. The molecule has 0 bridgehead atoms. The van der Waals surface area contributed by atoms with Crippen LogP contribution in [-0.2, 0) is 34.3 Å². The van der Waals surface area contributed by atoms with Crippen molar-refractivity contribution in [3.05, 3.63) is 76.1 Å². The van der Waals surface area contributed by atoms with Crippen LogP contribution in [-0.4, -0.2) is 36.6 Å². The van der Waals surface area contributed by atoms with Gasteiger partial charge in [0.15, 0.2) is 0 Å². The van der Waals surface area contributed by atoms with E-state index in [-0.39, 0.29) is 12.5 Å². The van der Waals surface area contributed by atoms with Gasteiger partial charge in [0.05, 0.1) is 19.4 Å². The van der Waals surface area contributed by atoms with Crippen molar-refractivity contribution < 1.29 is 22.0 Å². The minimum Gasteiger partial charge on any atom is -0.468 e. The van der Waals surface area contributed by atoms with Crippen LogP contribution < -0.4 is 0 Å². The topological polar surface area (TPSA) is 70.8 Å². The number of hydrogen-bond acceptors (Lipinski definition) is 5. The van der Waals surface area contributed by atoms with E-state index in [1.165, 1.54) is 29.3 Å². The van der Waals surface area contributed by atoms with Crippen molar-refractivity contribution in [2.45, 2.75) is 24.4 Å². The standard InChI is InChI=1S/C20H19FN2O4S2/c21-17-5-1-2-6-19(17)29(25,26)23(13-16-4-3-10-27-16)14-20(24)22-9-7-18-15(12-22)8-11-28-18/h1-6,8,10-11H,7,9,12-14H2. The highest BCUT2D eigenvalue weighted by Gasteiger charge is 2.32. The zero-order chi connectivity index (χ0) is 20.4. The Labute approximate surface area is 172 Å². The molecule has 0 aliphatic carbocycles. The quantitative estimate of drug-likeness (QED) is 0.597. The summed E-state index contributed by atoms with van der Waals surface area (Å²) in [5.74, 6) is -0.810. The summed E-state index contributed by atoms with van der Waals surface area (Å²) in [7, 11) is -4.24. The maximum atomic E-state index is 14.2. The first-order chi connectivity index (χ1) is 13.9. The number of fused-ring (bicyclic) bond motifs is 1. The third-order valence-electron chi connectivity index (χ3n) is 4.84. The van der Waals surface area contributed by atoms with Gasteiger partial charge in [0.25, 0.3) is 0 Å². The van der Waals surface area contributed by atoms with Crippen LogP contribution in [0.1, 0.15) is 16.2 Å². The van der Waals surface area contributed by atoms with Gasteiger partial charge in [0.1, 0.15) is 16.5 Å². The lowest BCUT2D eigenvalue weighted by atomic mass is 10.1. The highest BCUT2D eigenvalue weighted by molar-refractivity contribution is 7.89. The molecule has 0 atom stereocenters. The first-order valence-corrected chi connectivity index (χ1v) is 11.4. The Kier molecular flexibility index (Phi) is 5.53. The van der Waals surface area contributed by atoms with Crippen molar-refractivity contribution in [1.29, 1.82) is 0 Å². The Balaban J connectivity index is 1.59. The molecule has 1 aromatic carbocycles. The summed E-state index contributed by atoms with van der Waals surface area (Å²) in [5.41, 5.74) is 1.09. The van der Waals surface area contributed by atoms with Gasteiger partial charge in [-0.1, -0.05) is 12.1 Å². The SMILES string of the molecule is O=C(CN(Cc1ccco1)S(=O)(=O)c1ccccc1F)N1CCc2sccc2C1. The van der Waals surface area contributed by atoms with Crippen molar-refractivity contribution in [3.63, 3.8) is 0 Å². The summed E-state index contributed by atoms with van der Waals surface area (Å²) < 4.78 is 46.7. The molecule has 0 spiro atoms. The number of hydrogen-bond donors (Lipinski definition) is 0. The van der Waals surface area contributed by atoms with Crippen LogP contribution >= 0.6 is 11.3 Å². The molecule has 6 nitrogen and oxygen atoms in total. The fourth-order valence-electron chi connectivity index (χ4n) is 3.31. The van der Waals surface area contributed by atoms with Crippen LogP contribution in [0.3, 0.4) is 0 Å². The van der Waals surface area contributed by atoms with Crippen molar-refractivity contribution in [2.24, 2.45) is 0 Å². The summed E-state index contributed by atoms with van der Waals surface area (Å²) in [6, 6.07) is 10.4. The third-order valence-corrected chi connectivity index (χ3v) is 7.69. The maximum Gasteiger partial charge on any atom is 0.246 e.